The SMILES string of the molecule is O=C(O)COC1CCC(CNC(=O)c2cccnc2Oc2ccc3c(c2)OCO3)CC1. The van der Waals surface area contributed by atoms with E-state index >= 15 is 0 Å². The summed E-state index contributed by atoms with van der Waals surface area (Å²) in [6, 6.07) is 8.53. The number of hydrogen-bond donors (Lipinski definition) is 2. The first-order valence-corrected chi connectivity index (χ1v) is 10.2. The van der Waals surface area contributed by atoms with Gasteiger partial charge in [-0.1, -0.05) is 0 Å². The van der Waals surface area contributed by atoms with E-state index in [1.165, 1.54) is 0 Å². The molecule has 1 aliphatic heterocycles. The van der Waals surface area contributed by atoms with Crippen molar-refractivity contribution < 1.29 is 33.6 Å². The molecule has 0 spiro atoms. The third-order valence-corrected chi connectivity index (χ3v) is 5.36. The molecular formula is C22H24N2O7. The summed E-state index contributed by atoms with van der Waals surface area (Å²) >= 11 is 0. The number of rotatable bonds is 8. The second-order valence-electron chi connectivity index (χ2n) is 7.53. The van der Waals surface area contributed by atoms with Crippen LogP contribution in [0.15, 0.2) is 36.5 Å². The van der Waals surface area contributed by atoms with E-state index in [1.807, 2.05) is 0 Å². The van der Waals surface area contributed by atoms with E-state index < -0.39 is 5.97 Å². The number of carbonyl (C=O) groups is 2. The lowest BCUT2D eigenvalue weighted by Crippen LogP contribution is -2.33. The first-order valence-electron chi connectivity index (χ1n) is 10.2. The number of fused-ring (bicyclic) bond motifs is 1. The van der Waals surface area contributed by atoms with Crippen molar-refractivity contribution in [2.75, 3.05) is 19.9 Å². The lowest BCUT2D eigenvalue weighted by molar-refractivity contribution is -0.145. The molecule has 0 atom stereocenters. The normalized spacial score (nSPS) is 19.6. The number of carboxylic acids is 1. The minimum Gasteiger partial charge on any atom is -0.480 e. The molecule has 1 aromatic heterocycles. The number of aliphatic carboxylic acids is 1. The van der Waals surface area contributed by atoms with Crippen LogP contribution in [-0.4, -0.2) is 48.0 Å². The van der Waals surface area contributed by atoms with E-state index in [0.29, 0.717) is 35.3 Å². The van der Waals surface area contributed by atoms with Gasteiger partial charge in [0.25, 0.3) is 5.91 Å². The minimum absolute atomic E-state index is 0.0249. The Hall–Kier alpha value is -3.33. The average molecular weight is 428 g/mol. The lowest BCUT2D eigenvalue weighted by atomic mass is 9.87. The van der Waals surface area contributed by atoms with Crippen LogP contribution in [0, 0.1) is 5.92 Å². The first-order chi connectivity index (χ1) is 15.1. The van der Waals surface area contributed by atoms with Crippen LogP contribution in [0.4, 0.5) is 0 Å². The summed E-state index contributed by atoms with van der Waals surface area (Å²) in [5, 5.41) is 11.7. The van der Waals surface area contributed by atoms with Crippen molar-refractivity contribution in [2.24, 2.45) is 5.92 Å². The maximum absolute atomic E-state index is 12.8. The second-order valence-corrected chi connectivity index (χ2v) is 7.53. The Morgan fingerprint density at radius 2 is 1.94 bits per heavy atom. The van der Waals surface area contributed by atoms with Gasteiger partial charge in [-0.3, -0.25) is 4.79 Å². The summed E-state index contributed by atoms with van der Waals surface area (Å²) < 4.78 is 21.8. The highest BCUT2D eigenvalue weighted by Crippen LogP contribution is 2.36. The van der Waals surface area contributed by atoms with Crippen molar-refractivity contribution in [2.45, 2.75) is 31.8 Å². The number of carbonyl (C=O) groups excluding carboxylic acids is 1. The van der Waals surface area contributed by atoms with Gasteiger partial charge in [-0.05, 0) is 55.9 Å². The Bertz CT molecular complexity index is 941. The van der Waals surface area contributed by atoms with Gasteiger partial charge in [-0.25, -0.2) is 9.78 Å². The first kappa shape index (κ1) is 20.9. The van der Waals surface area contributed by atoms with Crippen LogP contribution in [0.2, 0.25) is 0 Å². The Morgan fingerprint density at radius 1 is 1.13 bits per heavy atom. The smallest absolute Gasteiger partial charge is 0.329 e. The predicted molar refractivity (Wildman–Crippen MR) is 109 cm³/mol. The molecule has 0 bridgehead atoms. The van der Waals surface area contributed by atoms with Crippen LogP contribution in [0.25, 0.3) is 0 Å². The molecule has 1 saturated carbocycles. The summed E-state index contributed by atoms with van der Waals surface area (Å²) in [6.07, 6.45) is 4.87. The maximum Gasteiger partial charge on any atom is 0.329 e. The zero-order valence-corrected chi connectivity index (χ0v) is 16.9. The molecular weight excluding hydrogens is 404 g/mol. The van der Waals surface area contributed by atoms with Crippen molar-refractivity contribution in [1.82, 2.24) is 10.3 Å². The fourth-order valence-corrected chi connectivity index (χ4v) is 3.72. The van der Waals surface area contributed by atoms with Gasteiger partial charge in [0, 0.05) is 18.8 Å². The van der Waals surface area contributed by atoms with Crippen LogP contribution in [0.1, 0.15) is 36.0 Å². The molecule has 2 N–H and O–H groups in total. The van der Waals surface area contributed by atoms with Gasteiger partial charge < -0.3 is 29.4 Å². The number of aromatic nitrogens is 1. The van der Waals surface area contributed by atoms with Crippen molar-refractivity contribution in [3.8, 4) is 23.1 Å². The lowest BCUT2D eigenvalue weighted by Gasteiger charge is -2.28. The number of pyridine rings is 1. The largest absolute Gasteiger partial charge is 0.480 e. The zero-order chi connectivity index (χ0) is 21.6. The van der Waals surface area contributed by atoms with Gasteiger partial charge in [0.1, 0.15) is 17.9 Å². The molecule has 0 radical (unpaired) electrons. The van der Waals surface area contributed by atoms with Gasteiger partial charge in [-0.15, -0.1) is 0 Å². The van der Waals surface area contributed by atoms with Crippen LogP contribution >= 0.6 is 0 Å². The van der Waals surface area contributed by atoms with E-state index in [1.54, 1.807) is 36.5 Å². The molecule has 1 amide bonds. The molecule has 2 heterocycles. The molecule has 2 aromatic rings. The van der Waals surface area contributed by atoms with Crippen LogP contribution in [-0.2, 0) is 9.53 Å². The topological polar surface area (TPSA) is 116 Å². The van der Waals surface area contributed by atoms with E-state index in [0.717, 1.165) is 25.7 Å². The summed E-state index contributed by atoms with van der Waals surface area (Å²) in [5.41, 5.74) is 0.346. The molecule has 9 heteroatoms. The number of ether oxygens (including phenoxy) is 4. The fourth-order valence-electron chi connectivity index (χ4n) is 3.72. The number of nitrogens with zero attached hydrogens (tertiary/aromatic N) is 1. The highest BCUT2D eigenvalue weighted by Gasteiger charge is 2.24. The highest BCUT2D eigenvalue weighted by molar-refractivity contribution is 5.96. The minimum atomic E-state index is -0.954. The molecule has 0 saturated heterocycles. The molecule has 1 fully saturated rings. The Labute approximate surface area is 179 Å². The monoisotopic (exact) mass is 428 g/mol. The predicted octanol–water partition coefficient (Wildman–Crippen LogP) is 2.99. The van der Waals surface area contributed by atoms with Crippen LogP contribution in [0.5, 0.6) is 23.1 Å². The van der Waals surface area contributed by atoms with Crippen LogP contribution < -0.4 is 19.5 Å². The van der Waals surface area contributed by atoms with Gasteiger partial charge in [0.05, 0.1) is 6.10 Å². The van der Waals surface area contributed by atoms with Gasteiger partial charge >= 0.3 is 5.97 Å². The molecule has 4 rings (SSSR count). The summed E-state index contributed by atoms with van der Waals surface area (Å²) in [5.74, 6) is 1.05. The summed E-state index contributed by atoms with van der Waals surface area (Å²) in [6.45, 7) is 0.436. The van der Waals surface area contributed by atoms with E-state index in [9.17, 15) is 9.59 Å². The number of carboxylic acid groups (broad SMARTS) is 1. The Kier molecular flexibility index (Phi) is 6.51. The maximum atomic E-state index is 12.8. The van der Waals surface area contributed by atoms with Crippen molar-refractivity contribution in [3.05, 3.63) is 42.1 Å². The van der Waals surface area contributed by atoms with Gasteiger partial charge in [-0.2, -0.15) is 0 Å². The Balaban J connectivity index is 1.31. The van der Waals surface area contributed by atoms with Crippen LogP contribution in [0.3, 0.4) is 0 Å². The average Bonchev–Trinajstić information content (AvgIpc) is 3.25. The standard InChI is InChI=1S/C22H24N2O7/c25-20(26)12-28-15-5-3-14(4-6-15)11-24-21(27)17-2-1-9-23-22(17)31-16-7-8-18-19(10-16)30-13-29-18/h1-2,7-10,14-15H,3-6,11-13H2,(H,24,27)(H,25,26). The van der Waals surface area contributed by atoms with Crippen molar-refractivity contribution in [3.63, 3.8) is 0 Å². The second kappa shape index (κ2) is 9.65. The number of nitrogens with one attached hydrogen (secondary N) is 1. The van der Waals surface area contributed by atoms with E-state index in [4.69, 9.17) is 24.1 Å². The zero-order valence-electron chi connectivity index (χ0n) is 16.9. The molecule has 2 aliphatic rings. The van der Waals surface area contributed by atoms with Crippen molar-refractivity contribution in [1.29, 1.82) is 0 Å². The summed E-state index contributed by atoms with van der Waals surface area (Å²) in [7, 11) is 0. The number of benzene rings is 1. The highest BCUT2D eigenvalue weighted by atomic mass is 16.7. The fraction of sp³-hybridized carbons (Fsp3) is 0.409. The number of amides is 1. The van der Waals surface area contributed by atoms with Gasteiger partial charge in [0.15, 0.2) is 11.5 Å². The van der Waals surface area contributed by atoms with Gasteiger partial charge in [0.2, 0.25) is 12.7 Å². The molecule has 1 aliphatic carbocycles. The molecule has 1 aromatic carbocycles. The van der Waals surface area contributed by atoms with E-state index in [2.05, 4.69) is 10.3 Å². The van der Waals surface area contributed by atoms with E-state index in [-0.39, 0.29) is 31.3 Å². The summed E-state index contributed by atoms with van der Waals surface area (Å²) in [4.78, 5) is 27.6. The quantitative estimate of drug-likeness (QED) is 0.659. The molecule has 0 unspecified atom stereocenters. The Morgan fingerprint density at radius 3 is 2.74 bits per heavy atom. The third kappa shape index (κ3) is 5.43. The molecule has 164 valence electrons. The number of hydrogen-bond acceptors (Lipinski definition) is 7. The third-order valence-electron chi connectivity index (χ3n) is 5.36. The molecule has 9 nitrogen and oxygen atoms in total. The molecule has 31 heavy (non-hydrogen) atoms. The van der Waals surface area contributed by atoms with Crippen molar-refractivity contribution >= 4 is 11.9 Å².